The van der Waals surface area contributed by atoms with Crippen LogP contribution in [0.2, 0.25) is 0 Å². The van der Waals surface area contributed by atoms with Crippen molar-refractivity contribution in [3.8, 4) is 0 Å². The molecule has 0 aromatic heterocycles. The van der Waals surface area contributed by atoms with E-state index < -0.39 is 12.6 Å². The molecule has 0 saturated heterocycles. The van der Waals surface area contributed by atoms with Crippen molar-refractivity contribution >= 4 is 0 Å². The average Bonchev–Trinajstić information content (AvgIpc) is 2.36. The van der Waals surface area contributed by atoms with Crippen LogP contribution < -0.4 is 5.32 Å². The Morgan fingerprint density at radius 3 is 2.50 bits per heavy atom. The van der Waals surface area contributed by atoms with E-state index in [9.17, 15) is 13.2 Å². The van der Waals surface area contributed by atoms with Crippen molar-refractivity contribution in [3.05, 3.63) is 34.9 Å². The Labute approximate surface area is 119 Å². The van der Waals surface area contributed by atoms with Gasteiger partial charge in [-0.2, -0.15) is 13.2 Å². The molecule has 1 unspecified atom stereocenters. The molecule has 0 saturated carbocycles. The van der Waals surface area contributed by atoms with Crippen LogP contribution in [-0.2, 0) is 6.42 Å². The van der Waals surface area contributed by atoms with Crippen molar-refractivity contribution in [2.45, 2.75) is 58.7 Å². The Hall–Kier alpha value is -1.03. The third-order valence-corrected chi connectivity index (χ3v) is 3.43. The molecule has 1 nitrogen and oxygen atoms in total. The number of rotatable bonds is 7. The van der Waals surface area contributed by atoms with E-state index >= 15 is 0 Å². The van der Waals surface area contributed by atoms with Gasteiger partial charge in [0.15, 0.2) is 0 Å². The van der Waals surface area contributed by atoms with Crippen LogP contribution in [0.1, 0.15) is 42.9 Å². The van der Waals surface area contributed by atoms with Crippen LogP contribution in [0.25, 0.3) is 0 Å². The Balaban J connectivity index is 2.70. The van der Waals surface area contributed by atoms with Gasteiger partial charge in [0, 0.05) is 12.5 Å². The van der Waals surface area contributed by atoms with Crippen LogP contribution >= 0.6 is 0 Å². The lowest BCUT2D eigenvalue weighted by atomic mass is 9.96. The van der Waals surface area contributed by atoms with Crippen molar-refractivity contribution in [2.75, 3.05) is 6.54 Å². The summed E-state index contributed by atoms with van der Waals surface area (Å²) in [7, 11) is 0. The summed E-state index contributed by atoms with van der Waals surface area (Å²) in [6.07, 6.45) is -3.08. The highest BCUT2D eigenvalue weighted by Gasteiger charge is 2.28. The monoisotopic (exact) mass is 287 g/mol. The molecular formula is C16H24F3N. The molecule has 0 spiro atoms. The fraction of sp³-hybridized carbons (Fsp3) is 0.625. The maximum Gasteiger partial charge on any atom is 0.389 e. The maximum absolute atomic E-state index is 12.4. The van der Waals surface area contributed by atoms with E-state index in [-0.39, 0.29) is 12.5 Å². The van der Waals surface area contributed by atoms with Crippen molar-refractivity contribution in [1.82, 2.24) is 5.32 Å². The van der Waals surface area contributed by atoms with E-state index in [4.69, 9.17) is 0 Å². The third-order valence-electron chi connectivity index (χ3n) is 3.43. The van der Waals surface area contributed by atoms with E-state index in [0.717, 1.165) is 29.7 Å². The molecule has 0 heterocycles. The molecule has 1 rings (SSSR count). The Kier molecular flexibility index (Phi) is 6.53. The van der Waals surface area contributed by atoms with Gasteiger partial charge in [0.1, 0.15) is 0 Å². The zero-order valence-corrected chi connectivity index (χ0v) is 12.5. The molecule has 114 valence electrons. The molecule has 0 radical (unpaired) electrons. The van der Waals surface area contributed by atoms with Crippen LogP contribution in [0.5, 0.6) is 0 Å². The molecule has 1 aromatic carbocycles. The molecule has 0 aliphatic heterocycles. The number of nitrogens with one attached hydrogen (secondary N) is 1. The van der Waals surface area contributed by atoms with Gasteiger partial charge in [-0.05, 0) is 50.8 Å². The maximum atomic E-state index is 12.4. The summed E-state index contributed by atoms with van der Waals surface area (Å²) in [6.45, 7) is 6.79. The highest BCUT2D eigenvalue weighted by Crippen LogP contribution is 2.24. The van der Waals surface area contributed by atoms with E-state index in [1.165, 1.54) is 0 Å². The molecule has 0 amide bonds. The number of benzene rings is 1. The Morgan fingerprint density at radius 1 is 1.20 bits per heavy atom. The first-order valence-electron chi connectivity index (χ1n) is 7.18. The quantitative estimate of drug-likeness (QED) is 0.775. The van der Waals surface area contributed by atoms with E-state index in [1.54, 1.807) is 0 Å². The Morgan fingerprint density at radius 2 is 1.90 bits per heavy atom. The summed E-state index contributed by atoms with van der Waals surface area (Å²) in [6, 6.07) is 6.02. The molecule has 20 heavy (non-hydrogen) atoms. The first kappa shape index (κ1) is 17.0. The first-order valence-corrected chi connectivity index (χ1v) is 7.18. The van der Waals surface area contributed by atoms with E-state index in [1.807, 2.05) is 32.9 Å². The summed E-state index contributed by atoms with van der Waals surface area (Å²) >= 11 is 0. The fourth-order valence-corrected chi connectivity index (χ4v) is 2.25. The number of halogens is 3. The molecule has 0 aliphatic rings. The summed E-state index contributed by atoms with van der Waals surface area (Å²) in [5.41, 5.74) is 3.43. The second-order valence-electron chi connectivity index (χ2n) is 5.44. The Bertz CT molecular complexity index is 413. The normalized spacial score (nSPS) is 13.5. The average molecular weight is 287 g/mol. The zero-order chi connectivity index (χ0) is 15.2. The van der Waals surface area contributed by atoms with Gasteiger partial charge in [-0.15, -0.1) is 0 Å². The number of aryl methyl sites for hydroxylation is 2. The zero-order valence-electron chi connectivity index (χ0n) is 12.5. The highest BCUT2D eigenvalue weighted by molar-refractivity contribution is 5.31. The predicted molar refractivity (Wildman–Crippen MR) is 77.0 cm³/mol. The van der Waals surface area contributed by atoms with Crippen LogP contribution in [0.15, 0.2) is 18.2 Å². The van der Waals surface area contributed by atoms with E-state index in [0.29, 0.717) is 6.42 Å². The fourth-order valence-electron chi connectivity index (χ4n) is 2.25. The minimum absolute atomic E-state index is 0.114. The van der Waals surface area contributed by atoms with Crippen LogP contribution in [0.4, 0.5) is 13.2 Å². The van der Waals surface area contributed by atoms with Crippen molar-refractivity contribution in [3.63, 3.8) is 0 Å². The minimum Gasteiger partial charge on any atom is -0.314 e. The lowest BCUT2D eigenvalue weighted by Gasteiger charge is -2.20. The molecular weight excluding hydrogens is 263 g/mol. The largest absolute Gasteiger partial charge is 0.389 e. The molecule has 4 heteroatoms. The minimum atomic E-state index is -4.08. The molecule has 0 bridgehead atoms. The van der Waals surface area contributed by atoms with Crippen LogP contribution in [0, 0.1) is 13.8 Å². The molecule has 0 fully saturated rings. The summed E-state index contributed by atoms with van der Waals surface area (Å²) in [5, 5.41) is 3.24. The standard InChI is InChI=1S/C16H24F3N/c1-4-9-20-15(7-8-16(17,18)19)11-14-10-12(2)5-6-13(14)3/h5-6,10,15,20H,4,7-9,11H2,1-3H3. The van der Waals surface area contributed by atoms with Crippen LogP contribution in [0.3, 0.4) is 0 Å². The van der Waals surface area contributed by atoms with E-state index in [2.05, 4.69) is 11.4 Å². The molecule has 0 aliphatic carbocycles. The number of hydrogen-bond acceptors (Lipinski definition) is 1. The van der Waals surface area contributed by atoms with Gasteiger partial charge in [0.05, 0.1) is 0 Å². The highest BCUT2D eigenvalue weighted by atomic mass is 19.4. The molecule has 1 atom stereocenters. The van der Waals surface area contributed by atoms with Gasteiger partial charge in [-0.3, -0.25) is 0 Å². The van der Waals surface area contributed by atoms with Gasteiger partial charge in [-0.1, -0.05) is 30.7 Å². The second kappa shape index (κ2) is 7.67. The SMILES string of the molecule is CCCNC(CCC(F)(F)F)Cc1cc(C)ccc1C. The predicted octanol–water partition coefficient (Wildman–Crippen LogP) is 4.56. The topological polar surface area (TPSA) is 12.0 Å². The number of alkyl halides is 3. The van der Waals surface area contributed by atoms with Crippen molar-refractivity contribution in [1.29, 1.82) is 0 Å². The lowest BCUT2D eigenvalue weighted by Crippen LogP contribution is -2.33. The van der Waals surface area contributed by atoms with Gasteiger partial charge in [0.25, 0.3) is 0 Å². The van der Waals surface area contributed by atoms with Crippen LogP contribution in [-0.4, -0.2) is 18.8 Å². The molecule has 1 N–H and O–H groups in total. The van der Waals surface area contributed by atoms with Gasteiger partial charge < -0.3 is 5.32 Å². The van der Waals surface area contributed by atoms with Gasteiger partial charge >= 0.3 is 6.18 Å². The van der Waals surface area contributed by atoms with Gasteiger partial charge in [0.2, 0.25) is 0 Å². The summed E-state index contributed by atoms with van der Waals surface area (Å²) < 4.78 is 37.2. The van der Waals surface area contributed by atoms with Crippen molar-refractivity contribution < 1.29 is 13.2 Å². The lowest BCUT2D eigenvalue weighted by molar-refractivity contribution is -0.136. The molecule has 1 aromatic rings. The summed E-state index contributed by atoms with van der Waals surface area (Å²) in [4.78, 5) is 0. The van der Waals surface area contributed by atoms with Gasteiger partial charge in [-0.25, -0.2) is 0 Å². The van der Waals surface area contributed by atoms with Crippen molar-refractivity contribution in [2.24, 2.45) is 0 Å². The second-order valence-corrected chi connectivity index (χ2v) is 5.44. The number of hydrogen-bond donors (Lipinski definition) is 1. The summed E-state index contributed by atoms with van der Waals surface area (Å²) in [5.74, 6) is 0. The third kappa shape index (κ3) is 6.42. The first-order chi connectivity index (χ1) is 9.31. The smallest absolute Gasteiger partial charge is 0.314 e.